The van der Waals surface area contributed by atoms with Crippen molar-refractivity contribution in [2.45, 2.75) is 44.9 Å². The van der Waals surface area contributed by atoms with Gasteiger partial charge < -0.3 is 4.90 Å². The minimum Gasteiger partial charge on any atom is -0.321 e. The topological polar surface area (TPSA) is 49.7 Å². The summed E-state index contributed by atoms with van der Waals surface area (Å²) < 4.78 is 23.5. The molecule has 2 atom stereocenters. The molecule has 1 aromatic carbocycles. The predicted octanol–water partition coefficient (Wildman–Crippen LogP) is 3.18. The van der Waals surface area contributed by atoms with Crippen LogP contribution in [0.4, 0.5) is 5.69 Å². The number of sulfone groups is 1. The van der Waals surface area contributed by atoms with E-state index in [0.717, 1.165) is 24.6 Å². The molecule has 2 unspecified atom stereocenters. The van der Waals surface area contributed by atoms with E-state index in [1.165, 1.54) is 16.8 Å². The van der Waals surface area contributed by atoms with Crippen LogP contribution >= 0.6 is 11.8 Å². The first-order chi connectivity index (χ1) is 10.9. The number of fused-ring (bicyclic) bond motifs is 1. The summed E-state index contributed by atoms with van der Waals surface area (Å²) in [6.07, 6.45) is 2.22. The number of aryl methyl sites for hydroxylation is 2. The molecule has 0 amide bonds. The van der Waals surface area contributed by atoms with Crippen LogP contribution in [0.25, 0.3) is 0 Å². The van der Waals surface area contributed by atoms with Crippen LogP contribution in [-0.4, -0.2) is 42.9 Å². The van der Waals surface area contributed by atoms with Crippen molar-refractivity contribution in [2.24, 2.45) is 4.99 Å². The molecule has 0 bridgehead atoms. The minimum atomic E-state index is -2.90. The van der Waals surface area contributed by atoms with Crippen molar-refractivity contribution in [3.63, 3.8) is 0 Å². The number of unbranched alkanes of at least 4 members (excludes halogenated alkanes) is 1. The molecule has 2 aliphatic heterocycles. The van der Waals surface area contributed by atoms with Crippen molar-refractivity contribution in [1.29, 1.82) is 0 Å². The normalized spacial score (nSPS) is 25.3. The van der Waals surface area contributed by atoms with Gasteiger partial charge in [-0.15, -0.1) is 0 Å². The zero-order valence-electron chi connectivity index (χ0n) is 13.9. The van der Waals surface area contributed by atoms with Gasteiger partial charge in [-0.1, -0.05) is 31.2 Å². The maximum Gasteiger partial charge on any atom is 0.164 e. The monoisotopic (exact) mass is 352 g/mol. The summed E-state index contributed by atoms with van der Waals surface area (Å²) in [4.78, 5) is 7.04. The summed E-state index contributed by atoms with van der Waals surface area (Å²) in [5.41, 5.74) is 3.66. The SMILES string of the molecule is CCCCN(C1=NC2CS(=O)(=O)CC2S1)c1cc(C)cc(C)c1. The van der Waals surface area contributed by atoms with E-state index in [0.29, 0.717) is 0 Å². The second kappa shape index (κ2) is 6.48. The Balaban J connectivity index is 1.88. The van der Waals surface area contributed by atoms with E-state index < -0.39 is 9.84 Å². The number of hydrogen-bond donors (Lipinski definition) is 0. The van der Waals surface area contributed by atoms with Gasteiger partial charge in [0.05, 0.1) is 17.5 Å². The van der Waals surface area contributed by atoms with Crippen LogP contribution in [0.15, 0.2) is 23.2 Å². The number of rotatable bonds is 4. The molecular weight excluding hydrogens is 328 g/mol. The molecule has 0 spiro atoms. The van der Waals surface area contributed by atoms with Gasteiger partial charge in [0.1, 0.15) is 0 Å². The lowest BCUT2D eigenvalue weighted by atomic mass is 10.1. The number of hydrogen-bond acceptors (Lipinski definition) is 5. The van der Waals surface area contributed by atoms with Crippen molar-refractivity contribution in [3.8, 4) is 0 Å². The third kappa shape index (κ3) is 3.74. The lowest BCUT2D eigenvalue weighted by Crippen LogP contribution is -2.29. The Morgan fingerprint density at radius 2 is 1.91 bits per heavy atom. The molecule has 0 aliphatic carbocycles. The van der Waals surface area contributed by atoms with E-state index >= 15 is 0 Å². The number of aliphatic imine (C=N–C) groups is 1. The number of benzene rings is 1. The molecule has 3 rings (SSSR count). The summed E-state index contributed by atoms with van der Waals surface area (Å²) >= 11 is 1.65. The van der Waals surface area contributed by atoms with Crippen molar-refractivity contribution >= 4 is 32.5 Å². The molecule has 1 saturated heterocycles. The highest BCUT2D eigenvalue weighted by Crippen LogP contribution is 2.37. The molecule has 2 aliphatic rings. The summed E-state index contributed by atoms with van der Waals surface area (Å²) in [6, 6.07) is 6.49. The smallest absolute Gasteiger partial charge is 0.164 e. The first-order valence-corrected chi connectivity index (χ1v) is 10.9. The molecule has 1 aromatic rings. The van der Waals surface area contributed by atoms with E-state index in [9.17, 15) is 8.42 Å². The highest BCUT2D eigenvalue weighted by atomic mass is 32.2. The summed E-state index contributed by atoms with van der Waals surface area (Å²) in [5.74, 6) is 0.479. The van der Waals surface area contributed by atoms with Gasteiger partial charge in [0.2, 0.25) is 0 Å². The molecule has 126 valence electrons. The van der Waals surface area contributed by atoms with Gasteiger partial charge in [0, 0.05) is 17.5 Å². The van der Waals surface area contributed by atoms with E-state index in [1.54, 1.807) is 11.8 Å². The Kier molecular flexibility index (Phi) is 4.74. The molecular formula is C17H24N2O2S2. The van der Waals surface area contributed by atoms with Crippen LogP contribution in [-0.2, 0) is 9.84 Å². The van der Waals surface area contributed by atoms with Crippen molar-refractivity contribution in [2.75, 3.05) is 23.0 Å². The average Bonchev–Trinajstić information content (AvgIpc) is 2.91. The Labute approximate surface area is 143 Å². The average molecular weight is 353 g/mol. The van der Waals surface area contributed by atoms with Crippen molar-refractivity contribution < 1.29 is 8.42 Å². The Hall–Kier alpha value is -1.01. The molecule has 0 N–H and O–H groups in total. The maximum atomic E-state index is 11.8. The van der Waals surface area contributed by atoms with E-state index in [2.05, 4.69) is 43.9 Å². The number of thioether (sulfide) groups is 1. The van der Waals surface area contributed by atoms with Gasteiger partial charge in [-0.05, 0) is 43.5 Å². The molecule has 4 nitrogen and oxygen atoms in total. The van der Waals surface area contributed by atoms with Crippen molar-refractivity contribution in [1.82, 2.24) is 0 Å². The van der Waals surface area contributed by atoms with Crippen LogP contribution in [0.1, 0.15) is 30.9 Å². The highest BCUT2D eigenvalue weighted by Gasteiger charge is 2.43. The van der Waals surface area contributed by atoms with Gasteiger partial charge >= 0.3 is 0 Å². The predicted molar refractivity (Wildman–Crippen MR) is 99.4 cm³/mol. The lowest BCUT2D eigenvalue weighted by molar-refractivity contribution is 0.601. The molecule has 23 heavy (non-hydrogen) atoms. The number of anilines is 1. The molecule has 0 saturated carbocycles. The quantitative estimate of drug-likeness (QED) is 0.835. The molecule has 1 fully saturated rings. The zero-order valence-corrected chi connectivity index (χ0v) is 15.6. The number of nitrogens with zero attached hydrogens (tertiary/aromatic N) is 2. The van der Waals surface area contributed by atoms with Gasteiger partial charge in [0.25, 0.3) is 0 Å². The molecule has 2 heterocycles. The Morgan fingerprint density at radius 3 is 2.52 bits per heavy atom. The third-order valence-electron chi connectivity index (χ3n) is 4.29. The summed E-state index contributed by atoms with van der Waals surface area (Å²) in [7, 11) is -2.90. The Morgan fingerprint density at radius 1 is 1.22 bits per heavy atom. The standard InChI is InChI=1S/C17H24N2O2S2/c1-4-5-6-19(14-8-12(2)7-13(3)9-14)17-18-15-10-23(20,21)11-16(15)22-17/h7-9,15-16H,4-6,10-11H2,1-3H3. The number of amidine groups is 1. The fourth-order valence-electron chi connectivity index (χ4n) is 3.23. The Bertz CT molecular complexity index is 708. The second-order valence-electron chi connectivity index (χ2n) is 6.56. The molecule has 6 heteroatoms. The minimum absolute atomic E-state index is 0.0602. The van der Waals surface area contributed by atoms with Crippen molar-refractivity contribution in [3.05, 3.63) is 29.3 Å². The highest BCUT2D eigenvalue weighted by molar-refractivity contribution is 8.15. The van der Waals surface area contributed by atoms with Gasteiger partial charge in [-0.3, -0.25) is 4.99 Å². The van der Waals surface area contributed by atoms with Crippen LogP contribution in [0.5, 0.6) is 0 Å². The fourth-order valence-corrected chi connectivity index (χ4v) is 7.04. The largest absolute Gasteiger partial charge is 0.321 e. The second-order valence-corrected chi connectivity index (χ2v) is 9.92. The van der Waals surface area contributed by atoms with E-state index in [-0.39, 0.29) is 22.8 Å². The zero-order chi connectivity index (χ0) is 16.6. The first-order valence-electron chi connectivity index (χ1n) is 8.18. The van der Waals surface area contributed by atoms with Crippen LogP contribution < -0.4 is 4.90 Å². The van der Waals surface area contributed by atoms with Crippen LogP contribution in [0.2, 0.25) is 0 Å². The fraction of sp³-hybridized carbons (Fsp3) is 0.588. The summed E-state index contributed by atoms with van der Waals surface area (Å²) in [5, 5.41) is 1.10. The maximum absolute atomic E-state index is 11.8. The molecule has 0 aromatic heterocycles. The van der Waals surface area contributed by atoms with Crippen LogP contribution in [0, 0.1) is 13.8 Å². The van der Waals surface area contributed by atoms with E-state index in [4.69, 9.17) is 4.99 Å². The van der Waals surface area contributed by atoms with Crippen LogP contribution in [0.3, 0.4) is 0 Å². The summed E-state index contributed by atoms with van der Waals surface area (Å²) in [6.45, 7) is 7.33. The van der Waals surface area contributed by atoms with Gasteiger partial charge in [0.15, 0.2) is 15.0 Å². The van der Waals surface area contributed by atoms with E-state index in [1.807, 2.05) is 0 Å². The van der Waals surface area contributed by atoms with Gasteiger partial charge in [-0.25, -0.2) is 8.42 Å². The van der Waals surface area contributed by atoms with Gasteiger partial charge in [-0.2, -0.15) is 0 Å². The third-order valence-corrected chi connectivity index (χ3v) is 7.54. The molecule has 0 radical (unpaired) electrons. The lowest BCUT2D eigenvalue weighted by Gasteiger charge is -2.25. The first kappa shape index (κ1) is 16.8.